The smallest absolute Gasteiger partial charge is 0.325 e. The maximum Gasteiger partial charge on any atom is 0.325 e. The van der Waals surface area contributed by atoms with E-state index in [9.17, 15) is 4.79 Å². The lowest BCUT2D eigenvalue weighted by molar-refractivity contribution is -0.141. The fourth-order valence-electron chi connectivity index (χ4n) is 1.35. The molecule has 0 aromatic carbocycles. The molecule has 17 heavy (non-hydrogen) atoms. The number of esters is 1. The van der Waals surface area contributed by atoms with Crippen LogP contribution in [0.2, 0.25) is 0 Å². The van der Waals surface area contributed by atoms with Crippen LogP contribution in [0.25, 0.3) is 0 Å². The van der Waals surface area contributed by atoms with E-state index in [2.05, 4.69) is 9.97 Å². The summed E-state index contributed by atoms with van der Waals surface area (Å²) in [6.45, 7) is 6.25. The lowest BCUT2D eigenvalue weighted by Crippen LogP contribution is -2.37. The molecule has 0 fully saturated rings. The number of carbonyl (C=O) groups is 1. The lowest BCUT2D eigenvalue weighted by atomic mass is 10.3. The van der Waals surface area contributed by atoms with Crippen molar-refractivity contribution in [1.82, 2.24) is 9.97 Å². The van der Waals surface area contributed by atoms with Crippen LogP contribution in [0.1, 0.15) is 20.8 Å². The lowest BCUT2D eigenvalue weighted by Gasteiger charge is -2.26. The number of nitrogens with zero attached hydrogens (tertiary/aromatic N) is 3. The van der Waals surface area contributed by atoms with Crippen LogP contribution < -0.4 is 10.6 Å². The Balaban J connectivity index is 2.79. The van der Waals surface area contributed by atoms with Crippen molar-refractivity contribution in [3.8, 4) is 0 Å². The number of rotatable bonds is 5. The summed E-state index contributed by atoms with van der Waals surface area (Å²) in [4.78, 5) is 21.4. The Morgan fingerprint density at radius 3 is 2.65 bits per heavy atom. The summed E-state index contributed by atoms with van der Waals surface area (Å²) in [6, 6.07) is 0.123. The summed E-state index contributed by atoms with van der Waals surface area (Å²) in [5.74, 6) is 0.690. The molecule has 1 rings (SSSR count). The third-order valence-corrected chi connectivity index (χ3v) is 2.18. The van der Waals surface area contributed by atoms with Gasteiger partial charge in [0.05, 0.1) is 19.0 Å². The van der Waals surface area contributed by atoms with Crippen molar-refractivity contribution in [2.24, 2.45) is 0 Å². The first-order valence-corrected chi connectivity index (χ1v) is 5.54. The highest BCUT2D eigenvalue weighted by Gasteiger charge is 2.16. The predicted molar refractivity (Wildman–Crippen MR) is 65.6 cm³/mol. The van der Waals surface area contributed by atoms with Gasteiger partial charge in [0, 0.05) is 6.04 Å². The number of carbonyl (C=O) groups excluding carboxylic acids is 1. The van der Waals surface area contributed by atoms with Crippen molar-refractivity contribution in [1.29, 1.82) is 0 Å². The highest BCUT2D eigenvalue weighted by molar-refractivity contribution is 5.75. The molecule has 6 heteroatoms. The number of nitrogens with two attached hydrogens (primary N) is 1. The molecular weight excluding hydrogens is 220 g/mol. The van der Waals surface area contributed by atoms with Crippen LogP contribution in [0.3, 0.4) is 0 Å². The summed E-state index contributed by atoms with van der Waals surface area (Å²) in [5, 5.41) is 0. The Morgan fingerprint density at radius 2 is 2.18 bits per heavy atom. The number of hydrogen-bond acceptors (Lipinski definition) is 6. The molecule has 0 bridgehead atoms. The summed E-state index contributed by atoms with van der Waals surface area (Å²) in [7, 11) is 0. The second kappa shape index (κ2) is 6.03. The van der Waals surface area contributed by atoms with Gasteiger partial charge in [-0.25, -0.2) is 9.97 Å². The van der Waals surface area contributed by atoms with E-state index in [-0.39, 0.29) is 18.6 Å². The van der Waals surface area contributed by atoms with Crippen LogP contribution in [-0.2, 0) is 9.53 Å². The second-order valence-electron chi connectivity index (χ2n) is 3.83. The molecule has 0 saturated carbocycles. The van der Waals surface area contributed by atoms with Crippen molar-refractivity contribution >= 4 is 17.6 Å². The summed E-state index contributed by atoms with van der Waals surface area (Å²) in [5.41, 5.74) is 5.47. The van der Waals surface area contributed by atoms with E-state index >= 15 is 0 Å². The minimum Gasteiger partial charge on any atom is -0.465 e. The quantitative estimate of drug-likeness (QED) is 0.765. The van der Waals surface area contributed by atoms with Crippen molar-refractivity contribution in [3.05, 3.63) is 12.4 Å². The number of anilines is 2. The predicted octanol–water partition coefficient (Wildman–Crippen LogP) is 0.837. The monoisotopic (exact) mass is 238 g/mol. The molecule has 0 unspecified atom stereocenters. The van der Waals surface area contributed by atoms with Gasteiger partial charge >= 0.3 is 5.97 Å². The van der Waals surface area contributed by atoms with Crippen molar-refractivity contribution in [3.63, 3.8) is 0 Å². The molecule has 0 spiro atoms. The maximum absolute atomic E-state index is 11.5. The van der Waals surface area contributed by atoms with Gasteiger partial charge in [-0.3, -0.25) is 4.79 Å². The Labute approximate surface area is 101 Å². The van der Waals surface area contributed by atoms with E-state index in [1.165, 1.54) is 6.20 Å². The molecule has 0 amide bonds. The van der Waals surface area contributed by atoms with Crippen LogP contribution in [0, 0.1) is 0 Å². The normalized spacial score (nSPS) is 10.4. The first-order chi connectivity index (χ1) is 8.04. The highest BCUT2D eigenvalue weighted by atomic mass is 16.5. The number of hydrogen-bond donors (Lipinski definition) is 1. The average Bonchev–Trinajstić information content (AvgIpc) is 2.27. The van der Waals surface area contributed by atoms with Gasteiger partial charge in [-0.05, 0) is 20.8 Å². The first kappa shape index (κ1) is 13.2. The van der Waals surface area contributed by atoms with Gasteiger partial charge < -0.3 is 15.4 Å². The molecule has 0 aliphatic rings. The average molecular weight is 238 g/mol. The molecule has 6 nitrogen and oxygen atoms in total. The molecule has 0 radical (unpaired) electrons. The van der Waals surface area contributed by atoms with Crippen LogP contribution in [0.15, 0.2) is 12.4 Å². The van der Waals surface area contributed by atoms with Gasteiger partial charge in [-0.15, -0.1) is 0 Å². The molecule has 94 valence electrons. The van der Waals surface area contributed by atoms with Crippen molar-refractivity contribution in [2.75, 3.05) is 23.8 Å². The first-order valence-electron chi connectivity index (χ1n) is 5.54. The minimum atomic E-state index is -0.278. The van der Waals surface area contributed by atoms with E-state index in [0.29, 0.717) is 18.2 Å². The van der Waals surface area contributed by atoms with Crippen LogP contribution in [0.4, 0.5) is 11.6 Å². The molecule has 0 atom stereocenters. The van der Waals surface area contributed by atoms with Crippen LogP contribution >= 0.6 is 0 Å². The highest BCUT2D eigenvalue weighted by Crippen LogP contribution is 2.13. The van der Waals surface area contributed by atoms with Gasteiger partial charge in [-0.2, -0.15) is 0 Å². The van der Waals surface area contributed by atoms with Crippen molar-refractivity contribution < 1.29 is 9.53 Å². The maximum atomic E-state index is 11.5. The molecule has 0 aliphatic heterocycles. The number of aromatic nitrogens is 2. The Bertz CT molecular complexity index is 364. The molecule has 0 aliphatic carbocycles. The third kappa shape index (κ3) is 3.90. The molecule has 1 aromatic heterocycles. The van der Waals surface area contributed by atoms with E-state index in [1.807, 2.05) is 18.7 Å². The van der Waals surface area contributed by atoms with Gasteiger partial charge in [0.15, 0.2) is 0 Å². The summed E-state index contributed by atoms with van der Waals surface area (Å²) < 4.78 is 4.91. The van der Waals surface area contributed by atoms with Gasteiger partial charge in [0.25, 0.3) is 0 Å². The Morgan fingerprint density at radius 1 is 1.47 bits per heavy atom. The van der Waals surface area contributed by atoms with Crippen LogP contribution in [-0.4, -0.2) is 35.1 Å². The largest absolute Gasteiger partial charge is 0.465 e. The van der Waals surface area contributed by atoms with E-state index in [4.69, 9.17) is 10.5 Å². The zero-order chi connectivity index (χ0) is 12.8. The number of ether oxygens (including phenoxy) is 1. The zero-order valence-corrected chi connectivity index (χ0v) is 10.4. The molecule has 1 aromatic rings. The third-order valence-electron chi connectivity index (χ3n) is 2.18. The minimum absolute atomic E-state index is 0.123. The molecule has 1 heterocycles. The SMILES string of the molecule is CCOC(=O)CN(c1cnc(N)cn1)C(C)C. The standard InChI is InChI=1S/C11H18N4O2/c1-4-17-11(16)7-15(8(2)3)10-6-13-9(12)5-14-10/h5-6,8H,4,7H2,1-3H3,(H2,12,13). The van der Waals surface area contributed by atoms with Gasteiger partial charge in [0.2, 0.25) is 0 Å². The van der Waals surface area contributed by atoms with Gasteiger partial charge in [0.1, 0.15) is 18.2 Å². The molecular formula is C11H18N4O2. The Kier molecular flexibility index (Phi) is 4.68. The van der Waals surface area contributed by atoms with Crippen LogP contribution in [0.5, 0.6) is 0 Å². The van der Waals surface area contributed by atoms with E-state index in [0.717, 1.165) is 0 Å². The molecule has 2 N–H and O–H groups in total. The van der Waals surface area contributed by atoms with Crippen molar-refractivity contribution in [2.45, 2.75) is 26.8 Å². The summed E-state index contributed by atoms with van der Waals surface area (Å²) in [6.07, 6.45) is 3.02. The van der Waals surface area contributed by atoms with Gasteiger partial charge in [-0.1, -0.05) is 0 Å². The fraction of sp³-hybridized carbons (Fsp3) is 0.545. The number of nitrogen functional groups attached to an aromatic ring is 1. The Hall–Kier alpha value is -1.85. The molecule has 0 saturated heterocycles. The van der Waals surface area contributed by atoms with E-state index in [1.54, 1.807) is 13.1 Å². The van der Waals surface area contributed by atoms with E-state index < -0.39 is 0 Å². The topological polar surface area (TPSA) is 81.3 Å². The zero-order valence-electron chi connectivity index (χ0n) is 10.4. The summed E-state index contributed by atoms with van der Waals surface area (Å²) >= 11 is 0. The fourth-order valence-corrected chi connectivity index (χ4v) is 1.35. The second-order valence-corrected chi connectivity index (χ2v) is 3.83.